The van der Waals surface area contributed by atoms with Gasteiger partial charge in [0.2, 0.25) is 11.8 Å². The third kappa shape index (κ3) is 2.00. The van der Waals surface area contributed by atoms with Crippen molar-refractivity contribution in [3.8, 4) is 23.5 Å². The van der Waals surface area contributed by atoms with Crippen molar-refractivity contribution in [2.24, 2.45) is 11.8 Å². The van der Waals surface area contributed by atoms with Crippen molar-refractivity contribution >= 4 is 0 Å². The normalized spacial score (nSPS) is 31.1. The van der Waals surface area contributed by atoms with Gasteiger partial charge in [0, 0.05) is 0 Å². The maximum absolute atomic E-state index is 13.3. The maximum atomic E-state index is 13.3. The molecule has 1 fully saturated rings. The molecule has 0 unspecified atom stereocenters. The zero-order chi connectivity index (χ0) is 20.8. The van der Waals surface area contributed by atoms with Crippen molar-refractivity contribution in [1.82, 2.24) is 4.57 Å². The number of hydrogen-bond acceptors (Lipinski definition) is 4. The molecule has 3 heterocycles. The monoisotopic (exact) mass is 392 g/mol. The number of hydrogen-bond donors (Lipinski definition) is 2. The summed E-state index contributed by atoms with van der Waals surface area (Å²) < 4.78 is 47.2. The molecule has 0 spiro atoms. The quantitative estimate of drug-likeness (QED) is 0.748. The molecule has 0 saturated carbocycles. The number of alkyl halides is 3. The molecule has 1 saturated heterocycles. The molecule has 2 aliphatic heterocycles. The van der Waals surface area contributed by atoms with Gasteiger partial charge in [-0.05, 0) is 43.9 Å². The fourth-order valence-corrected chi connectivity index (χ4v) is 4.87. The summed E-state index contributed by atoms with van der Waals surface area (Å²) in [4.78, 5) is 0. The molecule has 0 amide bonds. The predicted molar refractivity (Wildman–Crippen MR) is 92.9 cm³/mol. The highest BCUT2D eigenvalue weighted by Crippen LogP contribution is 2.68. The van der Waals surface area contributed by atoms with E-state index in [9.17, 15) is 23.4 Å². The fourth-order valence-electron chi connectivity index (χ4n) is 4.87. The maximum Gasteiger partial charge on any atom is 0.417 e. The Kier molecular flexibility index (Phi) is 3.49. The lowest BCUT2D eigenvalue weighted by atomic mass is 9.67. The minimum Gasteiger partial charge on any atom is -0.494 e. The second-order valence-corrected chi connectivity index (χ2v) is 7.97. The van der Waals surface area contributed by atoms with E-state index in [0.29, 0.717) is 11.1 Å². The van der Waals surface area contributed by atoms with E-state index in [4.69, 9.17) is 10.00 Å². The summed E-state index contributed by atoms with van der Waals surface area (Å²) in [6.45, 7) is 7.59. The molecule has 2 N–H and O–H groups in total. The van der Waals surface area contributed by atoms with Crippen molar-refractivity contribution in [1.29, 1.82) is 5.26 Å². The smallest absolute Gasteiger partial charge is 0.417 e. The highest BCUT2D eigenvalue weighted by molar-refractivity contribution is 5.62. The largest absolute Gasteiger partial charge is 0.494 e. The number of aromatic nitrogens is 1. The molecule has 148 valence electrons. The Morgan fingerprint density at radius 1 is 1.07 bits per heavy atom. The molecule has 28 heavy (non-hydrogen) atoms. The standard InChI is InChI=1S/C20H19F3N2O3/c1-9-10(2)19(4)15-14(18(9,3)28-19)16(26)25(17(15)27)12-6-5-11(8-24)13(7-12)20(21,22)23/h5-7,9-10,26-27H,1-4H3/t9-,10+,18-,19+. The van der Waals surface area contributed by atoms with Crippen LogP contribution in [-0.2, 0) is 22.1 Å². The van der Waals surface area contributed by atoms with Gasteiger partial charge in [-0.25, -0.2) is 0 Å². The average molecular weight is 392 g/mol. The first-order valence-corrected chi connectivity index (χ1v) is 8.87. The number of ether oxygens (including phenoxy) is 1. The van der Waals surface area contributed by atoms with Gasteiger partial charge in [0.05, 0.1) is 34.0 Å². The molecule has 0 aliphatic carbocycles. The molecule has 4 atom stereocenters. The molecule has 2 bridgehead atoms. The second kappa shape index (κ2) is 5.23. The van der Waals surface area contributed by atoms with Gasteiger partial charge >= 0.3 is 6.18 Å². The summed E-state index contributed by atoms with van der Waals surface area (Å²) >= 11 is 0. The first-order valence-electron chi connectivity index (χ1n) is 8.87. The Morgan fingerprint density at radius 3 is 2.00 bits per heavy atom. The van der Waals surface area contributed by atoms with Gasteiger partial charge in [-0.2, -0.15) is 18.4 Å². The van der Waals surface area contributed by atoms with E-state index in [1.807, 2.05) is 27.7 Å². The average Bonchev–Trinajstić information content (AvgIpc) is 3.10. The number of aromatic hydroxyl groups is 2. The van der Waals surface area contributed by atoms with Crippen molar-refractivity contribution < 1.29 is 28.1 Å². The zero-order valence-electron chi connectivity index (χ0n) is 15.7. The van der Waals surface area contributed by atoms with Gasteiger partial charge in [-0.15, -0.1) is 0 Å². The van der Waals surface area contributed by atoms with Gasteiger partial charge in [0.1, 0.15) is 11.2 Å². The van der Waals surface area contributed by atoms with Crippen molar-refractivity contribution in [2.75, 3.05) is 0 Å². The molecule has 8 heteroatoms. The molecule has 2 aromatic rings. The summed E-state index contributed by atoms with van der Waals surface area (Å²) in [5, 5.41) is 30.8. The van der Waals surface area contributed by atoms with Crippen LogP contribution in [0.2, 0.25) is 0 Å². The van der Waals surface area contributed by atoms with Gasteiger partial charge in [0.25, 0.3) is 0 Å². The Balaban J connectivity index is 1.99. The molecular weight excluding hydrogens is 373 g/mol. The van der Waals surface area contributed by atoms with Crippen LogP contribution in [0.3, 0.4) is 0 Å². The SMILES string of the molecule is C[C@@H]1[C@H](C)[C@]2(C)O[C@@]1(C)c1c2c(O)n(-c2ccc(C#N)c(C(F)(F)F)c2)c1O. The van der Waals surface area contributed by atoms with E-state index in [1.165, 1.54) is 12.1 Å². The van der Waals surface area contributed by atoms with Crippen LogP contribution in [0, 0.1) is 23.2 Å². The third-order valence-electron chi connectivity index (χ3n) is 6.71. The van der Waals surface area contributed by atoms with E-state index < -0.39 is 28.5 Å². The Hall–Kier alpha value is -2.66. The molecule has 1 aromatic carbocycles. The number of rotatable bonds is 1. The second-order valence-electron chi connectivity index (χ2n) is 7.97. The van der Waals surface area contributed by atoms with Crippen molar-refractivity contribution in [3.05, 3.63) is 40.5 Å². The van der Waals surface area contributed by atoms with Crippen LogP contribution in [-0.4, -0.2) is 14.8 Å². The van der Waals surface area contributed by atoms with E-state index in [-0.39, 0.29) is 29.3 Å². The highest BCUT2D eigenvalue weighted by atomic mass is 19.4. The number of fused-ring (bicyclic) bond motifs is 5. The van der Waals surface area contributed by atoms with Crippen LogP contribution in [0.4, 0.5) is 13.2 Å². The lowest BCUT2D eigenvalue weighted by Gasteiger charge is -2.31. The highest BCUT2D eigenvalue weighted by Gasteiger charge is 2.66. The minimum absolute atomic E-state index is 0.0258. The van der Waals surface area contributed by atoms with Crippen LogP contribution in [0.15, 0.2) is 18.2 Å². The molecule has 0 radical (unpaired) electrons. The lowest BCUT2D eigenvalue weighted by molar-refractivity contribution is -0.137. The molecule has 2 aliphatic rings. The van der Waals surface area contributed by atoms with E-state index in [2.05, 4.69) is 0 Å². The van der Waals surface area contributed by atoms with Gasteiger partial charge in [-0.1, -0.05) is 13.8 Å². The first-order chi connectivity index (χ1) is 12.9. The summed E-state index contributed by atoms with van der Waals surface area (Å²) in [7, 11) is 0. The minimum atomic E-state index is -4.74. The zero-order valence-corrected chi connectivity index (χ0v) is 15.7. The Bertz CT molecular complexity index is 1010. The number of halogens is 3. The van der Waals surface area contributed by atoms with Crippen molar-refractivity contribution in [3.63, 3.8) is 0 Å². The fraction of sp³-hybridized carbons (Fsp3) is 0.450. The molecule has 4 rings (SSSR count). The van der Waals surface area contributed by atoms with Crippen LogP contribution < -0.4 is 0 Å². The number of benzene rings is 1. The Labute approximate surface area is 159 Å². The molecular formula is C20H19F3N2O3. The topological polar surface area (TPSA) is 78.4 Å². The van der Waals surface area contributed by atoms with E-state index in [1.54, 1.807) is 0 Å². The van der Waals surface area contributed by atoms with E-state index >= 15 is 0 Å². The van der Waals surface area contributed by atoms with E-state index in [0.717, 1.165) is 16.7 Å². The van der Waals surface area contributed by atoms with Crippen LogP contribution in [0.5, 0.6) is 11.8 Å². The summed E-state index contributed by atoms with van der Waals surface area (Å²) in [6, 6.07) is 4.58. The predicted octanol–water partition coefficient (Wildman–Crippen LogP) is 4.53. The van der Waals surface area contributed by atoms with Gasteiger partial charge < -0.3 is 14.9 Å². The van der Waals surface area contributed by atoms with Crippen LogP contribution in [0.1, 0.15) is 49.9 Å². The lowest BCUT2D eigenvalue weighted by Crippen LogP contribution is -2.32. The number of nitriles is 1. The first kappa shape index (κ1) is 18.7. The summed E-state index contributed by atoms with van der Waals surface area (Å²) in [6.07, 6.45) is -4.74. The summed E-state index contributed by atoms with van der Waals surface area (Å²) in [5.41, 5.74) is -2.67. The Morgan fingerprint density at radius 2 is 1.57 bits per heavy atom. The molecule has 1 aromatic heterocycles. The van der Waals surface area contributed by atoms with Crippen molar-refractivity contribution in [2.45, 2.75) is 45.1 Å². The van der Waals surface area contributed by atoms with Gasteiger partial charge in [0.15, 0.2) is 0 Å². The van der Waals surface area contributed by atoms with Gasteiger partial charge in [-0.3, -0.25) is 4.57 Å². The summed E-state index contributed by atoms with van der Waals surface area (Å²) in [5.74, 6) is -0.652. The third-order valence-corrected chi connectivity index (χ3v) is 6.71. The molecule has 5 nitrogen and oxygen atoms in total. The van der Waals surface area contributed by atoms with Crippen LogP contribution >= 0.6 is 0 Å². The van der Waals surface area contributed by atoms with Crippen LogP contribution in [0.25, 0.3) is 5.69 Å². The number of nitrogens with zero attached hydrogens (tertiary/aromatic N) is 2.